The Kier molecular flexibility index (Phi) is 6.80. The van der Waals surface area contributed by atoms with Crippen LogP contribution in [0.3, 0.4) is 0 Å². The standard InChI is InChI=1S/C12H25N3O2/c1-8(2)14-12(17)10(5)13-7-11(16)15(6)9(3)4/h8-10,13H,7H2,1-6H3,(H,14,17). The molecule has 5 heteroatoms. The van der Waals surface area contributed by atoms with E-state index in [1.165, 1.54) is 0 Å². The van der Waals surface area contributed by atoms with Crippen LogP contribution in [0.4, 0.5) is 0 Å². The number of hydrogen-bond acceptors (Lipinski definition) is 3. The molecule has 0 aliphatic carbocycles. The fraction of sp³-hybridized carbons (Fsp3) is 0.833. The Bertz CT molecular complexity index is 264. The highest BCUT2D eigenvalue weighted by Crippen LogP contribution is 1.94. The van der Waals surface area contributed by atoms with Crippen molar-refractivity contribution in [3.63, 3.8) is 0 Å². The first-order valence-corrected chi connectivity index (χ1v) is 6.05. The Morgan fingerprint density at radius 2 is 1.65 bits per heavy atom. The fourth-order valence-electron chi connectivity index (χ4n) is 1.16. The van der Waals surface area contributed by atoms with Gasteiger partial charge in [-0.2, -0.15) is 0 Å². The minimum Gasteiger partial charge on any atom is -0.353 e. The molecular weight excluding hydrogens is 218 g/mol. The molecule has 2 N–H and O–H groups in total. The Morgan fingerprint density at radius 1 is 1.12 bits per heavy atom. The largest absolute Gasteiger partial charge is 0.353 e. The highest BCUT2D eigenvalue weighted by molar-refractivity contribution is 5.83. The summed E-state index contributed by atoms with van der Waals surface area (Å²) in [5.41, 5.74) is 0. The van der Waals surface area contributed by atoms with Gasteiger partial charge in [0.05, 0.1) is 12.6 Å². The number of nitrogens with zero attached hydrogens (tertiary/aromatic N) is 1. The van der Waals surface area contributed by atoms with E-state index in [1.54, 1.807) is 18.9 Å². The minimum absolute atomic E-state index is 0.0100. The van der Waals surface area contributed by atoms with Crippen LogP contribution in [0.25, 0.3) is 0 Å². The summed E-state index contributed by atoms with van der Waals surface area (Å²) in [6, 6.07) is -0.0770. The molecule has 0 heterocycles. The molecule has 100 valence electrons. The number of carbonyl (C=O) groups is 2. The molecule has 0 fully saturated rings. The summed E-state index contributed by atoms with van der Waals surface area (Å²) in [4.78, 5) is 24.9. The molecule has 0 aromatic rings. The maximum atomic E-state index is 11.7. The number of amides is 2. The van der Waals surface area contributed by atoms with Crippen molar-refractivity contribution >= 4 is 11.8 Å². The first kappa shape index (κ1) is 15.9. The van der Waals surface area contributed by atoms with Crippen LogP contribution in [0.5, 0.6) is 0 Å². The molecule has 0 saturated heterocycles. The molecule has 0 rings (SSSR count). The number of hydrogen-bond donors (Lipinski definition) is 2. The van der Waals surface area contributed by atoms with Crippen molar-refractivity contribution in [3.05, 3.63) is 0 Å². The van der Waals surface area contributed by atoms with Gasteiger partial charge in [-0.05, 0) is 34.6 Å². The lowest BCUT2D eigenvalue weighted by atomic mass is 10.2. The third kappa shape index (κ3) is 6.26. The summed E-state index contributed by atoms with van der Waals surface area (Å²) in [7, 11) is 1.76. The van der Waals surface area contributed by atoms with Gasteiger partial charge < -0.3 is 10.2 Å². The van der Waals surface area contributed by atoms with Crippen molar-refractivity contribution in [2.75, 3.05) is 13.6 Å². The van der Waals surface area contributed by atoms with Gasteiger partial charge in [0.2, 0.25) is 11.8 Å². The molecule has 5 nitrogen and oxygen atoms in total. The molecule has 0 radical (unpaired) electrons. The van der Waals surface area contributed by atoms with Gasteiger partial charge in [-0.1, -0.05) is 0 Å². The number of carbonyl (C=O) groups excluding carboxylic acids is 2. The average molecular weight is 243 g/mol. The Balaban J connectivity index is 4.03. The van der Waals surface area contributed by atoms with E-state index in [4.69, 9.17) is 0 Å². The van der Waals surface area contributed by atoms with E-state index in [0.29, 0.717) is 0 Å². The van der Waals surface area contributed by atoms with Gasteiger partial charge in [-0.15, -0.1) is 0 Å². The Labute approximate surface area is 104 Å². The third-order valence-corrected chi connectivity index (χ3v) is 2.55. The van der Waals surface area contributed by atoms with Gasteiger partial charge in [0.25, 0.3) is 0 Å². The molecule has 0 aliphatic rings. The maximum Gasteiger partial charge on any atom is 0.237 e. The highest BCUT2D eigenvalue weighted by Gasteiger charge is 2.16. The highest BCUT2D eigenvalue weighted by atomic mass is 16.2. The van der Waals surface area contributed by atoms with Crippen molar-refractivity contribution < 1.29 is 9.59 Å². The van der Waals surface area contributed by atoms with Gasteiger partial charge in [-0.25, -0.2) is 0 Å². The van der Waals surface area contributed by atoms with Crippen LogP contribution in [0, 0.1) is 0 Å². The van der Waals surface area contributed by atoms with Crippen LogP contribution < -0.4 is 10.6 Å². The average Bonchev–Trinajstić information content (AvgIpc) is 2.22. The zero-order valence-corrected chi connectivity index (χ0v) is 11.7. The smallest absolute Gasteiger partial charge is 0.237 e. The molecule has 1 atom stereocenters. The van der Waals surface area contributed by atoms with E-state index in [0.717, 1.165) is 0 Å². The van der Waals surface area contributed by atoms with E-state index in [-0.39, 0.29) is 36.5 Å². The summed E-state index contributed by atoms with van der Waals surface area (Å²) in [6.45, 7) is 9.64. The third-order valence-electron chi connectivity index (χ3n) is 2.55. The van der Waals surface area contributed by atoms with Gasteiger partial charge in [0.15, 0.2) is 0 Å². The summed E-state index contributed by atoms with van der Waals surface area (Å²) < 4.78 is 0. The van der Waals surface area contributed by atoms with Crippen LogP contribution in [0.1, 0.15) is 34.6 Å². The summed E-state index contributed by atoms with van der Waals surface area (Å²) >= 11 is 0. The lowest BCUT2D eigenvalue weighted by Crippen LogP contribution is -2.48. The van der Waals surface area contributed by atoms with Crippen LogP contribution in [-0.2, 0) is 9.59 Å². The van der Waals surface area contributed by atoms with Crippen LogP contribution in [-0.4, -0.2) is 48.4 Å². The second-order valence-corrected chi connectivity index (χ2v) is 4.86. The van der Waals surface area contributed by atoms with Crippen molar-refractivity contribution in [2.24, 2.45) is 0 Å². The Morgan fingerprint density at radius 3 is 2.06 bits per heavy atom. The predicted octanol–water partition coefficient (Wildman–Crippen LogP) is 0.356. The zero-order valence-electron chi connectivity index (χ0n) is 11.7. The molecule has 0 aromatic carbocycles. The number of rotatable bonds is 6. The Hall–Kier alpha value is -1.10. The van der Waals surface area contributed by atoms with Gasteiger partial charge in [0.1, 0.15) is 0 Å². The van der Waals surface area contributed by atoms with Gasteiger partial charge >= 0.3 is 0 Å². The van der Waals surface area contributed by atoms with Crippen molar-refractivity contribution in [1.82, 2.24) is 15.5 Å². The topological polar surface area (TPSA) is 61.4 Å². The molecule has 0 saturated carbocycles. The van der Waals surface area contributed by atoms with Crippen LogP contribution >= 0.6 is 0 Å². The van der Waals surface area contributed by atoms with Crippen molar-refractivity contribution in [3.8, 4) is 0 Å². The number of nitrogens with one attached hydrogen (secondary N) is 2. The van der Waals surface area contributed by atoms with Crippen molar-refractivity contribution in [1.29, 1.82) is 0 Å². The van der Waals surface area contributed by atoms with E-state index in [1.807, 2.05) is 27.7 Å². The normalized spacial score (nSPS) is 12.7. The molecule has 0 spiro atoms. The predicted molar refractivity (Wildman–Crippen MR) is 68.6 cm³/mol. The summed E-state index contributed by atoms with van der Waals surface area (Å²) in [5.74, 6) is -0.0933. The lowest BCUT2D eigenvalue weighted by molar-refractivity contribution is -0.130. The second kappa shape index (κ2) is 7.27. The van der Waals surface area contributed by atoms with E-state index >= 15 is 0 Å². The summed E-state index contributed by atoms with van der Waals surface area (Å²) in [5, 5.41) is 5.71. The van der Waals surface area contributed by atoms with Crippen LogP contribution in [0.15, 0.2) is 0 Å². The molecule has 0 aromatic heterocycles. The zero-order chi connectivity index (χ0) is 13.6. The molecular formula is C12H25N3O2. The quantitative estimate of drug-likeness (QED) is 0.708. The van der Waals surface area contributed by atoms with Gasteiger partial charge in [-0.3, -0.25) is 14.9 Å². The lowest BCUT2D eigenvalue weighted by Gasteiger charge is -2.23. The molecule has 0 bridgehead atoms. The second-order valence-electron chi connectivity index (χ2n) is 4.86. The number of likely N-dealkylation sites (N-methyl/N-ethyl adjacent to an activating group) is 1. The SMILES string of the molecule is CC(C)NC(=O)C(C)NCC(=O)N(C)C(C)C. The van der Waals surface area contributed by atoms with E-state index in [9.17, 15) is 9.59 Å². The van der Waals surface area contributed by atoms with Crippen molar-refractivity contribution in [2.45, 2.75) is 52.7 Å². The minimum atomic E-state index is -0.359. The van der Waals surface area contributed by atoms with Crippen LogP contribution in [0.2, 0.25) is 0 Å². The summed E-state index contributed by atoms with van der Waals surface area (Å²) in [6.07, 6.45) is 0. The first-order valence-electron chi connectivity index (χ1n) is 6.05. The van der Waals surface area contributed by atoms with E-state index < -0.39 is 0 Å². The molecule has 1 unspecified atom stereocenters. The maximum absolute atomic E-state index is 11.7. The van der Waals surface area contributed by atoms with E-state index in [2.05, 4.69) is 10.6 Å². The fourth-order valence-corrected chi connectivity index (χ4v) is 1.16. The van der Waals surface area contributed by atoms with Gasteiger partial charge in [0, 0.05) is 19.1 Å². The monoisotopic (exact) mass is 243 g/mol. The molecule has 2 amide bonds. The molecule has 0 aliphatic heterocycles. The molecule has 17 heavy (non-hydrogen) atoms. The first-order chi connectivity index (χ1) is 7.75.